The topological polar surface area (TPSA) is 73.1 Å². The molecule has 0 spiro atoms. The average molecular weight is 431 g/mol. The van der Waals surface area contributed by atoms with Crippen LogP contribution in [-0.2, 0) is 9.84 Å². The molecule has 0 saturated heterocycles. The maximum atomic E-state index is 12.2. The Labute approximate surface area is 150 Å². The largest absolute Gasteiger partial charge is 0.410 e. The molecule has 0 unspecified atom stereocenters. The van der Waals surface area contributed by atoms with Crippen molar-refractivity contribution < 1.29 is 12.8 Å². The first kappa shape index (κ1) is 16.7. The highest BCUT2D eigenvalue weighted by Gasteiger charge is 2.16. The molecule has 9 heteroatoms. The SMILES string of the molecule is O=S(=O)(CCSc1nnc(-c2cccs2)o1)c1ccc(Br)cc1. The minimum atomic E-state index is -3.31. The van der Waals surface area contributed by atoms with E-state index in [1.165, 1.54) is 23.1 Å². The monoisotopic (exact) mass is 430 g/mol. The van der Waals surface area contributed by atoms with Gasteiger partial charge in [-0.1, -0.05) is 33.8 Å². The molecule has 0 aliphatic heterocycles. The van der Waals surface area contributed by atoms with Crippen molar-refractivity contribution in [1.82, 2.24) is 10.2 Å². The third kappa shape index (κ3) is 4.23. The van der Waals surface area contributed by atoms with Crippen LogP contribution < -0.4 is 0 Å². The number of hydrogen-bond acceptors (Lipinski definition) is 7. The molecule has 3 aromatic rings. The molecule has 5 nitrogen and oxygen atoms in total. The van der Waals surface area contributed by atoms with E-state index in [1.54, 1.807) is 24.3 Å². The summed E-state index contributed by atoms with van der Waals surface area (Å²) in [6.07, 6.45) is 0. The fraction of sp³-hybridized carbons (Fsp3) is 0.143. The molecule has 0 fully saturated rings. The maximum absolute atomic E-state index is 12.2. The maximum Gasteiger partial charge on any atom is 0.276 e. The molecule has 0 atom stereocenters. The van der Waals surface area contributed by atoms with Crippen molar-refractivity contribution in [2.75, 3.05) is 11.5 Å². The molecule has 0 aliphatic carbocycles. The van der Waals surface area contributed by atoms with E-state index in [9.17, 15) is 8.42 Å². The Kier molecular flexibility index (Phi) is 5.20. The molecule has 2 heterocycles. The molecule has 2 aromatic heterocycles. The standard InChI is InChI=1S/C14H11BrN2O3S3/c15-10-3-5-11(6-4-10)23(18,19)9-8-22-14-17-16-13(20-14)12-2-1-7-21-12/h1-7H,8-9H2. The van der Waals surface area contributed by atoms with Gasteiger partial charge in [-0.05, 0) is 35.7 Å². The second-order valence-electron chi connectivity index (χ2n) is 4.47. The van der Waals surface area contributed by atoms with Gasteiger partial charge in [-0.2, -0.15) is 0 Å². The lowest BCUT2D eigenvalue weighted by molar-refractivity contribution is 0.467. The summed E-state index contributed by atoms with van der Waals surface area (Å²) in [6.45, 7) is 0. The predicted octanol–water partition coefficient (Wildman–Crippen LogP) is 4.13. The van der Waals surface area contributed by atoms with Gasteiger partial charge in [0.1, 0.15) is 0 Å². The third-order valence-corrected chi connectivity index (χ3v) is 7.09. The molecule has 0 radical (unpaired) electrons. The van der Waals surface area contributed by atoms with Gasteiger partial charge < -0.3 is 4.42 Å². The second-order valence-corrected chi connectivity index (χ2v) is 9.49. The van der Waals surface area contributed by atoms with Crippen molar-refractivity contribution in [1.29, 1.82) is 0 Å². The molecule has 120 valence electrons. The number of sulfone groups is 1. The quantitative estimate of drug-likeness (QED) is 0.547. The van der Waals surface area contributed by atoms with Crippen LogP contribution in [0.3, 0.4) is 0 Å². The van der Waals surface area contributed by atoms with Gasteiger partial charge in [0.05, 0.1) is 15.5 Å². The number of hydrogen-bond donors (Lipinski definition) is 0. The van der Waals surface area contributed by atoms with Crippen LogP contribution in [0.5, 0.6) is 0 Å². The van der Waals surface area contributed by atoms with Crippen LogP contribution in [0.25, 0.3) is 10.8 Å². The molecule has 0 amide bonds. The van der Waals surface area contributed by atoms with E-state index in [0.29, 0.717) is 21.8 Å². The highest BCUT2D eigenvalue weighted by Crippen LogP contribution is 2.27. The number of thiophene rings is 1. The highest BCUT2D eigenvalue weighted by atomic mass is 79.9. The van der Waals surface area contributed by atoms with Crippen molar-refractivity contribution in [3.05, 3.63) is 46.3 Å². The summed E-state index contributed by atoms with van der Waals surface area (Å²) in [6, 6.07) is 10.4. The molecule has 23 heavy (non-hydrogen) atoms. The van der Waals surface area contributed by atoms with E-state index in [4.69, 9.17) is 4.42 Å². The average Bonchev–Trinajstić information content (AvgIpc) is 3.18. The normalized spacial score (nSPS) is 11.7. The number of aromatic nitrogens is 2. The first-order valence-corrected chi connectivity index (χ1v) is 10.8. The number of rotatable bonds is 6. The number of halogens is 1. The second kappa shape index (κ2) is 7.16. The molecule has 3 rings (SSSR count). The van der Waals surface area contributed by atoms with Crippen LogP contribution in [0.2, 0.25) is 0 Å². The van der Waals surface area contributed by atoms with Gasteiger partial charge in [0.2, 0.25) is 0 Å². The van der Waals surface area contributed by atoms with Crippen molar-refractivity contribution in [3.8, 4) is 10.8 Å². The van der Waals surface area contributed by atoms with Gasteiger partial charge in [-0.25, -0.2) is 8.42 Å². The molecule has 1 aromatic carbocycles. The Morgan fingerprint density at radius 3 is 2.65 bits per heavy atom. The van der Waals surface area contributed by atoms with E-state index < -0.39 is 9.84 Å². The first-order valence-electron chi connectivity index (χ1n) is 6.53. The van der Waals surface area contributed by atoms with E-state index in [1.807, 2.05) is 17.5 Å². The molecule has 0 bridgehead atoms. The van der Waals surface area contributed by atoms with Crippen LogP contribution in [0.1, 0.15) is 0 Å². The van der Waals surface area contributed by atoms with Crippen LogP contribution in [0, 0.1) is 0 Å². The lowest BCUT2D eigenvalue weighted by Gasteiger charge is -2.03. The Bertz CT molecular complexity index is 874. The Hall–Kier alpha value is -1.16. The smallest absolute Gasteiger partial charge is 0.276 e. The Morgan fingerprint density at radius 2 is 1.96 bits per heavy atom. The van der Waals surface area contributed by atoms with Gasteiger partial charge in [0.25, 0.3) is 11.1 Å². The van der Waals surface area contributed by atoms with Gasteiger partial charge >= 0.3 is 0 Å². The fourth-order valence-corrected chi connectivity index (χ4v) is 5.08. The summed E-state index contributed by atoms with van der Waals surface area (Å²) in [4.78, 5) is 1.21. The summed E-state index contributed by atoms with van der Waals surface area (Å²) in [5.74, 6) is 0.818. The minimum absolute atomic E-state index is 0.00993. The number of thioether (sulfide) groups is 1. The lowest BCUT2D eigenvalue weighted by atomic mass is 10.4. The van der Waals surface area contributed by atoms with Crippen LogP contribution in [0.4, 0.5) is 0 Å². The van der Waals surface area contributed by atoms with Crippen molar-refractivity contribution >= 4 is 48.9 Å². The lowest BCUT2D eigenvalue weighted by Crippen LogP contribution is -2.08. The molecular weight excluding hydrogens is 420 g/mol. The minimum Gasteiger partial charge on any atom is -0.410 e. The fourth-order valence-electron chi connectivity index (χ4n) is 1.77. The molecule has 0 saturated carbocycles. The Morgan fingerprint density at radius 1 is 1.17 bits per heavy atom. The van der Waals surface area contributed by atoms with E-state index >= 15 is 0 Å². The van der Waals surface area contributed by atoms with Crippen molar-refractivity contribution in [2.24, 2.45) is 0 Å². The van der Waals surface area contributed by atoms with Crippen LogP contribution in [-0.4, -0.2) is 30.1 Å². The van der Waals surface area contributed by atoms with Gasteiger partial charge in [0, 0.05) is 10.2 Å². The zero-order chi connectivity index (χ0) is 16.3. The summed E-state index contributed by atoms with van der Waals surface area (Å²) < 4.78 is 30.8. The number of benzene rings is 1. The highest BCUT2D eigenvalue weighted by molar-refractivity contribution is 9.10. The van der Waals surface area contributed by atoms with Crippen molar-refractivity contribution in [2.45, 2.75) is 10.1 Å². The molecule has 0 N–H and O–H groups in total. The summed E-state index contributed by atoms with van der Waals surface area (Å²) in [5, 5.41) is 10.2. The van der Waals surface area contributed by atoms with Crippen LogP contribution >= 0.6 is 39.0 Å². The van der Waals surface area contributed by atoms with E-state index in [-0.39, 0.29) is 5.75 Å². The van der Waals surface area contributed by atoms with E-state index in [2.05, 4.69) is 26.1 Å². The van der Waals surface area contributed by atoms with E-state index in [0.717, 1.165) is 9.35 Å². The van der Waals surface area contributed by atoms with Gasteiger partial charge in [0.15, 0.2) is 9.84 Å². The zero-order valence-corrected chi connectivity index (χ0v) is 15.7. The third-order valence-electron chi connectivity index (χ3n) is 2.89. The number of nitrogens with zero attached hydrogens (tertiary/aromatic N) is 2. The van der Waals surface area contributed by atoms with Crippen molar-refractivity contribution in [3.63, 3.8) is 0 Å². The summed E-state index contributed by atoms with van der Waals surface area (Å²) in [7, 11) is -3.31. The first-order chi connectivity index (χ1) is 11.0. The zero-order valence-electron chi connectivity index (χ0n) is 11.7. The van der Waals surface area contributed by atoms with Gasteiger partial charge in [-0.15, -0.1) is 21.5 Å². The molecule has 0 aliphatic rings. The van der Waals surface area contributed by atoms with Crippen LogP contribution in [0.15, 0.2) is 60.8 Å². The van der Waals surface area contributed by atoms with Gasteiger partial charge in [-0.3, -0.25) is 0 Å². The molecular formula is C14H11BrN2O3S3. The Balaban J connectivity index is 1.60. The summed E-state index contributed by atoms with van der Waals surface area (Å²) in [5.41, 5.74) is 0. The predicted molar refractivity (Wildman–Crippen MR) is 94.5 cm³/mol. The summed E-state index contributed by atoms with van der Waals surface area (Å²) >= 11 is 6.04.